The van der Waals surface area contributed by atoms with E-state index in [9.17, 15) is 9.59 Å². The van der Waals surface area contributed by atoms with E-state index >= 15 is 0 Å². The molecule has 2 aromatic rings. The number of rotatable bonds is 6. The second kappa shape index (κ2) is 8.64. The highest BCUT2D eigenvalue weighted by Gasteiger charge is 2.26. The van der Waals surface area contributed by atoms with Crippen LogP contribution in [0.25, 0.3) is 0 Å². The van der Waals surface area contributed by atoms with E-state index in [1.807, 2.05) is 50.2 Å². The smallest absolute Gasteiger partial charge is 0.329 e. The molecule has 1 N–H and O–H groups in total. The van der Waals surface area contributed by atoms with Crippen molar-refractivity contribution in [3.05, 3.63) is 70.2 Å². The molecule has 0 unspecified atom stereocenters. The van der Waals surface area contributed by atoms with Crippen molar-refractivity contribution in [2.45, 2.75) is 26.5 Å². The third kappa shape index (κ3) is 4.93. The van der Waals surface area contributed by atoms with Gasteiger partial charge >= 0.3 is 5.97 Å². The summed E-state index contributed by atoms with van der Waals surface area (Å²) in [4.78, 5) is 24.8. The molecule has 0 aromatic heterocycles. The minimum Gasteiger partial charge on any atom is -0.459 e. The first-order valence-corrected chi connectivity index (χ1v) is 8.54. The van der Waals surface area contributed by atoms with E-state index in [4.69, 9.17) is 4.74 Å². The zero-order chi connectivity index (χ0) is 17.5. The van der Waals surface area contributed by atoms with Crippen LogP contribution in [0.1, 0.15) is 29.8 Å². The van der Waals surface area contributed by atoms with Crippen molar-refractivity contribution in [3.8, 4) is 0 Å². The molecule has 4 nitrogen and oxygen atoms in total. The summed E-state index contributed by atoms with van der Waals surface area (Å²) in [6, 6.07) is 15.8. The van der Waals surface area contributed by atoms with Crippen LogP contribution in [-0.4, -0.2) is 17.9 Å². The maximum absolute atomic E-state index is 12.4. The molecule has 0 aliphatic carbocycles. The molecule has 0 aliphatic rings. The van der Waals surface area contributed by atoms with Crippen molar-refractivity contribution in [2.24, 2.45) is 5.92 Å². The van der Waals surface area contributed by atoms with Crippen LogP contribution in [0.2, 0.25) is 0 Å². The third-order valence-electron chi connectivity index (χ3n) is 3.55. The van der Waals surface area contributed by atoms with Gasteiger partial charge in [0.2, 0.25) is 0 Å². The van der Waals surface area contributed by atoms with E-state index in [-0.39, 0.29) is 18.4 Å². The molecule has 0 radical (unpaired) electrons. The molecule has 24 heavy (non-hydrogen) atoms. The van der Waals surface area contributed by atoms with Crippen molar-refractivity contribution in [1.82, 2.24) is 5.32 Å². The van der Waals surface area contributed by atoms with E-state index in [1.54, 1.807) is 18.2 Å². The molecule has 2 rings (SSSR count). The molecule has 2 aromatic carbocycles. The number of ether oxygens (including phenoxy) is 1. The molecule has 1 atom stereocenters. The highest BCUT2D eigenvalue weighted by Crippen LogP contribution is 2.16. The van der Waals surface area contributed by atoms with Gasteiger partial charge in [0.15, 0.2) is 0 Å². The Hall–Kier alpha value is -2.14. The predicted molar refractivity (Wildman–Crippen MR) is 96.5 cm³/mol. The molecule has 0 aliphatic heterocycles. The number of hydrogen-bond donors (Lipinski definition) is 1. The molecule has 0 fully saturated rings. The summed E-state index contributed by atoms with van der Waals surface area (Å²) in [5.74, 6) is -0.827. The van der Waals surface area contributed by atoms with Gasteiger partial charge in [0.05, 0.1) is 5.56 Å². The Morgan fingerprint density at radius 2 is 1.67 bits per heavy atom. The molecule has 0 saturated carbocycles. The van der Waals surface area contributed by atoms with Gasteiger partial charge < -0.3 is 10.1 Å². The third-order valence-corrected chi connectivity index (χ3v) is 4.24. The largest absolute Gasteiger partial charge is 0.459 e. The van der Waals surface area contributed by atoms with Gasteiger partial charge in [0.25, 0.3) is 5.91 Å². The number of amides is 1. The molecule has 0 heterocycles. The molecule has 0 saturated heterocycles. The minimum atomic E-state index is -0.701. The lowest BCUT2D eigenvalue weighted by molar-refractivity contribution is -0.148. The van der Waals surface area contributed by atoms with E-state index in [0.717, 1.165) is 5.56 Å². The van der Waals surface area contributed by atoms with Gasteiger partial charge in [-0.05, 0) is 39.5 Å². The summed E-state index contributed by atoms with van der Waals surface area (Å²) in [6.45, 7) is 3.93. The first-order valence-electron chi connectivity index (χ1n) is 7.75. The molecule has 1 amide bonds. The summed E-state index contributed by atoms with van der Waals surface area (Å²) >= 11 is 3.35. The molecule has 126 valence electrons. The van der Waals surface area contributed by atoms with Gasteiger partial charge in [0.1, 0.15) is 12.6 Å². The summed E-state index contributed by atoms with van der Waals surface area (Å²) in [5, 5.41) is 2.77. The second-order valence-corrected chi connectivity index (χ2v) is 6.62. The minimum absolute atomic E-state index is 0.0836. The monoisotopic (exact) mass is 389 g/mol. The molecule has 5 heteroatoms. The van der Waals surface area contributed by atoms with Gasteiger partial charge in [-0.2, -0.15) is 0 Å². The van der Waals surface area contributed by atoms with Crippen molar-refractivity contribution < 1.29 is 14.3 Å². The molecular weight excluding hydrogens is 370 g/mol. The number of carbonyl (C=O) groups excluding carboxylic acids is 2. The van der Waals surface area contributed by atoms with Gasteiger partial charge in [-0.1, -0.05) is 56.3 Å². The standard InChI is InChI=1S/C19H20BrNO3/c1-13(2)17(19(23)24-12-14-8-4-3-5-9-14)21-18(22)15-10-6-7-11-16(15)20/h3-11,13,17H,12H2,1-2H3,(H,21,22)/t17-/m0/s1. The molecule has 0 bridgehead atoms. The summed E-state index contributed by atoms with van der Waals surface area (Å²) in [6.07, 6.45) is 0. The van der Waals surface area contributed by atoms with Gasteiger partial charge in [-0.15, -0.1) is 0 Å². The van der Waals surface area contributed by atoms with Crippen LogP contribution < -0.4 is 5.32 Å². The van der Waals surface area contributed by atoms with E-state index < -0.39 is 12.0 Å². The Morgan fingerprint density at radius 3 is 2.29 bits per heavy atom. The first kappa shape index (κ1) is 18.2. The number of benzene rings is 2. The molecule has 0 spiro atoms. The number of hydrogen-bond acceptors (Lipinski definition) is 3. The number of nitrogens with one attached hydrogen (secondary N) is 1. The zero-order valence-corrected chi connectivity index (χ0v) is 15.2. The van der Waals surface area contributed by atoms with Crippen LogP contribution in [0.15, 0.2) is 59.1 Å². The van der Waals surface area contributed by atoms with Crippen LogP contribution in [0, 0.1) is 5.92 Å². The number of halogens is 1. The number of carbonyl (C=O) groups is 2. The Labute approximate surface area is 150 Å². The van der Waals surface area contributed by atoms with Crippen LogP contribution in [0.3, 0.4) is 0 Å². The number of esters is 1. The highest BCUT2D eigenvalue weighted by atomic mass is 79.9. The maximum Gasteiger partial charge on any atom is 0.329 e. The van der Waals surface area contributed by atoms with Gasteiger partial charge in [-0.3, -0.25) is 4.79 Å². The lowest BCUT2D eigenvalue weighted by Crippen LogP contribution is -2.45. The maximum atomic E-state index is 12.4. The Balaban J connectivity index is 2.02. The average Bonchev–Trinajstić information content (AvgIpc) is 2.58. The summed E-state index contributed by atoms with van der Waals surface area (Å²) < 4.78 is 6.04. The van der Waals surface area contributed by atoms with Crippen molar-refractivity contribution in [3.63, 3.8) is 0 Å². The fraction of sp³-hybridized carbons (Fsp3) is 0.263. The van der Waals surface area contributed by atoms with Crippen LogP contribution >= 0.6 is 15.9 Å². The Morgan fingerprint density at radius 1 is 1.04 bits per heavy atom. The average molecular weight is 390 g/mol. The fourth-order valence-corrected chi connectivity index (χ4v) is 2.65. The predicted octanol–water partition coefficient (Wildman–Crippen LogP) is 3.95. The summed E-state index contributed by atoms with van der Waals surface area (Å²) in [5.41, 5.74) is 1.39. The van der Waals surface area contributed by atoms with E-state index in [0.29, 0.717) is 10.0 Å². The Bertz CT molecular complexity index is 701. The van der Waals surface area contributed by atoms with E-state index in [2.05, 4.69) is 21.2 Å². The van der Waals surface area contributed by atoms with Gasteiger partial charge in [-0.25, -0.2) is 4.79 Å². The van der Waals surface area contributed by atoms with Crippen LogP contribution in [0.5, 0.6) is 0 Å². The highest BCUT2D eigenvalue weighted by molar-refractivity contribution is 9.10. The van der Waals surface area contributed by atoms with Gasteiger partial charge in [0, 0.05) is 4.47 Å². The SMILES string of the molecule is CC(C)[C@H](NC(=O)c1ccccc1Br)C(=O)OCc1ccccc1. The van der Waals surface area contributed by atoms with Crippen LogP contribution in [0.4, 0.5) is 0 Å². The van der Waals surface area contributed by atoms with Crippen LogP contribution in [-0.2, 0) is 16.1 Å². The normalized spacial score (nSPS) is 11.8. The zero-order valence-electron chi connectivity index (χ0n) is 13.7. The topological polar surface area (TPSA) is 55.4 Å². The lowest BCUT2D eigenvalue weighted by atomic mass is 10.0. The first-order chi connectivity index (χ1) is 11.5. The van der Waals surface area contributed by atoms with Crippen molar-refractivity contribution in [1.29, 1.82) is 0 Å². The van der Waals surface area contributed by atoms with E-state index in [1.165, 1.54) is 0 Å². The molecular formula is C19H20BrNO3. The lowest BCUT2D eigenvalue weighted by Gasteiger charge is -2.21. The quantitative estimate of drug-likeness (QED) is 0.760. The van der Waals surface area contributed by atoms with Crippen molar-refractivity contribution >= 4 is 27.8 Å². The van der Waals surface area contributed by atoms with Crippen molar-refractivity contribution in [2.75, 3.05) is 0 Å². The summed E-state index contributed by atoms with van der Waals surface area (Å²) in [7, 11) is 0. The fourth-order valence-electron chi connectivity index (χ4n) is 2.18. The Kier molecular flexibility index (Phi) is 6.55. The second-order valence-electron chi connectivity index (χ2n) is 5.77.